The number of hydrogen-bond donors (Lipinski definition) is 1. The monoisotopic (exact) mass is 338 g/mol. The van der Waals surface area contributed by atoms with E-state index in [-0.39, 0.29) is 18.0 Å². The third-order valence-electron chi connectivity index (χ3n) is 4.93. The third-order valence-corrected chi connectivity index (χ3v) is 4.93. The van der Waals surface area contributed by atoms with Gasteiger partial charge in [-0.25, -0.2) is 9.97 Å². The zero-order valence-corrected chi connectivity index (χ0v) is 14.1. The zero-order chi connectivity index (χ0) is 17.2. The van der Waals surface area contributed by atoms with Crippen molar-refractivity contribution in [1.82, 2.24) is 14.9 Å². The lowest BCUT2D eigenvalue weighted by molar-refractivity contribution is -0.0230. The van der Waals surface area contributed by atoms with Crippen LogP contribution >= 0.6 is 0 Å². The van der Waals surface area contributed by atoms with Crippen LogP contribution in [0, 0.1) is 0 Å². The van der Waals surface area contributed by atoms with E-state index in [2.05, 4.69) is 9.97 Å². The Labute approximate surface area is 147 Å². The number of carbonyl (C=O) groups excluding carboxylic acids is 1. The number of benzene rings is 1. The molecule has 2 aromatic rings. The molecule has 2 heterocycles. The van der Waals surface area contributed by atoms with Gasteiger partial charge in [0.2, 0.25) is 5.95 Å². The molecule has 1 aliphatic carbocycles. The maximum absolute atomic E-state index is 13.1. The standard InChI is InChI=1S/C19H22N4O2/c20-19-21-15-9-5-4-8-14(15)17(22-19)18(24)23-10-11-25-16(12-23)13-6-2-1-3-7-13/h1-3,6-7,16H,4-5,8-12H2,(H2,20,21,22). The summed E-state index contributed by atoms with van der Waals surface area (Å²) < 4.78 is 5.87. The minimum absolute atomic E-state index is 0.0588. The predicted molar refractivity (Wildman–Crippen MR) is 94.1 cm³/mol. The van der Waals surface area contributed by atoms with Gasteiger partial charge in [0.1, 0.15) is 11.8 Å². The molecule has 1 aromatic heterocycles. The Bertz CT molecular complexity index is 778. The SMILES string of the molecule is Nc1nc2c(c(C(=O)N3CCOC(c4ccccc4)C3)n1)CCCC2. The van der Waals surface area contributed by atoms with E-state index in [9.17, 15) is 4.79 Å². The van der Waals surface area contributed by atoms with Gasteiger partial charge in [0.15, 0.2) is 0 Å². The molecular formula is C19H22N4O2. The minimum atomic E-state index is -0.103. The molecule has 0 radical (unpaired) electrons. The summed E-state index contributed by atoms with van der Waals surface area (Å²) in [7, 11) is 0. The number of morpholine rings is 1. The molecule has 1 saturated heterocycles. The minimum Gasteiger partial charge on any atom is -0.370 e. The molecule has 0 bridgehead atoms. The molecule has 4 rings (SSSR count). The lowest BCUT2D eigenvalue weighted by atomic mass is 9.94. The average Bonchev–Trinajstić information content (AvgIpc) is 2.67. The largest absolute Gasteiger partial charge is 0.370 e. The highest BCUT2D eigenvalue weighted by molar-refractivity contribution is 5.94. The Hall–Kier alpha value is -2.47. The highest BCUT2D eigenvalue weighted by Crippen LogP contribution is 2.26. The first-order valence-electron chi connectivity index (χ1n) is 8.83. The van der Waals surface area contributed by atoms with Gasteiger partial charge in [-0.3, -0.25) is 4.79 Å². The van der Waals surface area contributed by atoms with Crippen LogP contribution in [0.1, 0.15) is 46.3 Å². The topological polar surface area (TPSA) is 81.3 Å². The first kappa shape index (κ1) is 16.0. The quantitative estimate of drug-likeness (QED) is 0.907. The molecular weight excluding hydrogens is 316 g/mol. The van der Waals surface area contributed by atoms with Crippen LogP contribution in [0.2, 0.25) is 0 Å². The second-order valence-electron chi connectivity index (χ2n) is 6.58. The molecule has 130 valence electrons. The van der Waals surface area contributed by atoms with E-state index in [0.29, 0.717) is 25.4 Å². The molecule has 25 heavy (non-hydrogen) atoms. The van der Waals surface area contributed by atoms with Crippen molar-refractivity contribution in [3.63, 3.8) is 0 Å². The van der Waals surface area contributed by atoms with Gasteiger partial charge in [0.05, 0.1) is 13.2 Å². The van der Waals surface area contributed by atoms with Gasteiger partial charge >= 0.3 is 0 Å². The fourth-order valence-electron chi connectivity index (χ4n) is 3.64. The molecule has 6 heteroatoms. The third kappa shape index (κ3) is 3.22. The maximum Gasteiger partial charge on any atom is 0.273 e. The lowest BCUT2D eigenvalue weighted by Crippen LogP contribution is -2.43. The molecule has 2 aliphatic rings. The van der Waals surface area contributed by atoms with Gasteiger partial charge in [-0.1, -0.05) is 30.3 Å². The summed E-state index contributed by atoms with van der Waals surface area (Å²) in [4.78, 5) is 23.6. The number of nitrogens with zero attached hydrogens (tertiary/aromatic N) is 3. The number of aryl methyl sites for hydroxylation is 1. The van der Waals surface area contributed by atoms with Gasteiger partial charge in [0, 0.05) is 17.8 Å². The molecule has 1 fully saturated rings. The number of fused-ring (bicyclic) bond motifs is 1. The fourth-order valence-corrected chi connectivity index (χ4v) is 3.64. The highest BCUT2D eigenvalue weighted by Gasteiger charge is 2.30. The van der Waals surface area contributed by atoms with Gasteiger partial charge in [-0.05, 0) is 31.2 Å². The number of nitrogen functional groups attached to an aromatic ring is 1. The number of aromatic nitrogens is 2. The number of amides is 1. The Kier molecular flexibility index (Phi) is 4.36. The maximum atomic E-state index is 13.1. The van der Waals surface area contributed by atoms with Gasteiger partial charge < -0.3 is 15.4 Å². The Balaban J connectivity index is 1.60. The average molecular weight is 338 g/mol. The van der Waals surface area contributed by atoms with Crippen molar-refractivity contribution in [2.75, 3.05) is 25.4 Å². The molecule has 1 aliphatic heterocycles. The van der Waals surface area contributed by atoms with Crippen molar-refractivity contribution in [2.45, 2.75) is 31.8 Å². The second kappa shape index (κ2) is 6.80. The van der Waals surface area contributed by atoms with Crippen molar-refractivity contribution in [2.24, 2.45) is 0 Å². The van der Waals surface area contributed by atoms with E-state index >= 15 is 0 Å². The van der Waals surface area contributed by atoms with Crippen molar-refractivity contribution in [1.29, 1.82) is 0 Å². The van der Waals surface area contributed by atoms with Crippen LogP contribution in [0.4, 0.5) is 5.95 Å². The molecule has 1 amide bonds. The molecule has 2 N–H and O–H groups in total. The Morgan fingerprint density at radius 2 is 1.96 bits per heavy atom. The number of nitrogens with two attached hydrogens (primary N) is 1. The summed E-state index contributed by atoms with van der Waals surface area (Å²) in [6, 6.07) is 10.0. The zero-order valence-electron chi connectivity index (χ0n) is 14.1. The van der Waals surface area contributed by atoms with E-state index in [1.165, 1.54) is 0 Å². The normalized spacial score (nSPS) is 20.2. The first-order valence-corrected chi connectivity index (χ1v) is 8.83. The molecule has 0 saturated carbocycles. The van der Waals surface area contributed by atoms with E-state index < -0.39 is 0 Å². The van der Waals surface area contributed by atoms with Crippen molar-refractivity contribution in [3.8, 4) is 0 Å². The molecule has 1 unspecified atom stereocenters. The van der Waals surface area contributed by atoms with E-state index in [0.717, 1.165) is 42.5 Å². The fraction of sp³-hybridized carbons (Fsp3) is 0.421. The van der Waals surface area contributed by atoms with Crippen LogP contribution in [0.3, 0.4) is 0 Å². The van der Waals surface area contributed by atoms with Crippen LogP contribution in [-0.2, 0) is 17.6 Å². The summed E-state index contributed by atoms with van der Waals surface area (Å²) >= 11 is 0. The summed E-state index contributed by atoms with van der Waals surface area (Å²) in [5.74, 6) is 0.133. The van der Waals surface area contributed by atoms with Gasteiger partial charge in [0.25, 0.3) is 5.91 Å². The predicted octanol–water partition coefficient (Wildman–Crippen LogP) is 2.15. The summed E-state index contributed by atoms with van der Waals surface area (Å²) in [6.07, 6.45) is 3.77. The molecule has 0 spiro atoms. The van der Waals surface area contributed by atoms with Gasteiger partial charge in [-0.15, -0.1) is 0 Å². The summed E-state index contributed by atoms with van der Waals surface area (Å²) in [5, 5.41) is 0. The van der Waals surface area contributed by atoms with Crippen molar-refractivity contribution >= 4 is 11.9 Å². The van der Waals surface area contributed by atoms with E-state index in [1.54, 1.807) is 0 Å². The Morgan fingerprint density at radius 3 is 2.80 bits per heavy atom. The Morgan fingerprint density at radius 1 is 1.16 bits per heavy atom. The van der Waals surface area contributed by atoms with E-state index in [1.807, 2.05) is 35.2 Å². The summed E-state index contributed by atoms with van der Waals surface area (Å²) in [5.41, 5.74) is 9.34. The molecule has 1 atom stereocenters. The lowest BCUT2D eigenvalue weighted by Gasteiger charge is -2.33. The molecule has 6 nitrogen and oxygen atoms in total. The second-order valence-corrected chi connectivity index (χ2v) is 6.58. The van der Waals surface area contributed by atoms with Crippen LogP contribution in [0.25, 0.3) is 0 Å². The number of rotatable bonds is 2. The number of hydrogen-bond acceptors (Lipinski definition) is 5. The highest BCUT2D eigenvalue weighted by atomic mass is 16.5. The summed E-state index contributed by atoms with van der Waals surface area (Å²) in [6.45, 7) is 1.62. The number of ether oxygens (including phenoxy) is 1. The number of anilines is 1. The van der Waals surface area contributed by atoms with Crippen molar-refractivity contribution < 1.29 is 9.53 Å². The first-order chi connectivity index (χ1) is 12.2. The smallest absolute Gasteiger partial charge is 0.273 e. The van der Waals surface area contributed by atoms with Crippen LogP contribution in [0.15, 0.2) is 30.3 Å². The van der Waals surface area contributed by atoms with Crippen LogP contribution in [0.5, 0.6) is 0 Å². The van der Waals surface area contributed by atoms with Crippen LogP contribution < -0.4 is 5.73 Å². The van der Waals surface area contributed by atoms with Gasteiger partial charge in [-0.2, -0.15) is 0 Å². The van der Waals surface area contributed by atoms with Crippen LogP contribution in [-0.4, -0.2) is 40.5 Å². The number of carbonyl (C=O) groups is 1. The van der Waals surface area contributed by atoms with Crippen molar-refractivity contribution in [3.05, 3.63) is 52.8 Å². The molecule has 1 aromatic carbocycles. The van der Waals surface area contributed by atoms with E-state index in [4.69, 9.17) is 10.5 Å².